The summed E-state index contributed by atoms with van der Waals surface area (Å²) in [6.45, 7) is 0. The predicted octanol–water partition coefficient (Wildman–Crippen LogP) is 5.15. The maximum absolute atomic E-state index is 12.0. The average molecular weight is 455 g/mol. The van der Waals surface area contributed by atoms with Crippen molar-refractivity contribution in [3.63, 3.8) is 0 Å². The maximum Gasteiger partial charge on any atom is 2.00 e. The van der Waals surface area contributed by atoms with Crippen LogP contribution in [0.3, 0.4) is 0 Å². The molecular weight excluding hydrogens is 420 g/mol. The van der Waals surface area contributed by atoms with Crippen molar-refractivity contribution in [3.05, 3.63) is 65.1 Å². The van der Waals surface area contributed by atoms with Crippen LogP contribution in [0.25, 0.3) is 0 Å². The van der Waals surface area contributed by atoms with Gasteiger partial charge in [0.1, 0.15) is 0 Å². The quantitative estimate of drug-likeness (QED) is 0.136. The smallest absolute Gasteiger partial charge is 0.875 e. The molecule has 1 aromatic carbocycles. The molecule has 161 valence electrons. The van der Waals surface area contributed by atoms with Gasteiger partial charge < -0.3 is 14.6 Å². The van der Waals surface area contributed by atoms with Crippen molar-refractivity contribution in [1.82, 2.24) is 0 Å². The SMILES string of the molecule is COC(CCCCCCCCCCC([O-])=C1C=CC=C1[Si])OC.[Fe+2].c1cc[cH-]c1. The van der Waals surface area contributed by atoms with Crippen LogP contribution >= 0.6 is 0 Å². The second-order valence-electron chi connectivity index (χ2n) is 7.01. The van der Waals surface area contributed by atoms with Crippen molar-refractivity contribution in [1.29, 1.82) is 0 Å². The van der Waals surface area contributed by atoms with Crippen molar-refractivity contribution in [2.45, 2.75) is 70.5 Å². The topological polar surface area (TPSA) is 41.5 Å². The van der Waals surface area contributed by atoms with E-state index in [1.807, 2.05) is 48.6 Å². The summed E-state index contributed by atoms with van der Waals surface area (Å²) in [6.07, 6.45) is 16.9. The van der Waals surface area contributed by atoms with Crippen LogP contribution in [0.4, 0.5) is 0 Å². The van der Waals surface area contributed by atoms with Crippen LogP contribution in [0.2, 0.25) is 0 Å². The Hall–Kier alpha value is -0.974. The van der Waals surface area contributed by atoms with Gasteiger partial charge in [0.05, 0.1) is 10.2 Å². The second-order valence-corrected chi connectivity index (χ2v) is 7.55. The van der Waals surface area contributed by atoms with E-state index in [-0.39, 0.29) is 29.1 Å². The summed E-state index contributed by atoms with van der Waals surface area (Å²) < 4.78 is 10.3. The molecule has 0 aliphatic heterocycles. The molecule has 0 aromatic heterocycles. The minimum atomic E-state index is -0.0464. The first-order chi connectivity index (χ1) is 13.7. The number of unbranched alkanes of at least 4 members (excludes halogenated alkanes) is 7. The van der Waals surface area contributed by atoms with Gasteiger partial charge in [0, 0.05) is 14.2 Å². The van der Waals surface area contributed by atoms with E-state index in [1.165, 1.54) is 32.1 Å². The van der Waals surface area contributed by atoms with Gasteiger partial charge in [-0.25, -0.2) is 12.1 Å². The minimum absolute atomic E-state index is 0. The summed E-state index contributed by atoms with van der Waals surface area (Å²) in [7, 11) is 6.84. The largest absolute Gasteiger partial charge is 2.00 e. The van der Waals surface area contributed by atoms with E-state index < -0.39 is 0 Å². The molecule has 29 heavy (non-hydrogen) atoms. The molecule has 0 spiro atoms. The Kier molecular flexibility index (Phi) is 18.4. The monoisotopic (exact) mass is 455 g/mol. The van der Waals surface area contributed by atoms with Crippen LogP contribution in [-0.2, 0) is 26.5 Å². The van der Waals surface area contributed by atoms with Gasteiger partial charge in [-0.2, -0.15) is 18.2 Å². The third kappa shape index (κ3) is 13.8. The number of hydrogen-bond donors (Lipinski definition) is 0. The number of allylic oxidation sites excluding steroid dienone is 6. The molecule has 1 aromatic rings. The van der Waals surface area contributed by atoms with Crippen LogP contribution in [0, 0.1) is 0 Å². The summed E-state index contributed by atoms with van der Waals surface area (Å²) in [5.74, 6) is 0.255. The van der Waals surface area contributed by atoms with Crippen LogP contribution in [-0.4, -0.2) is 30.8 Å². The van der Waals surface area contributed by atoms with Gasteiger partial charge in [-0.05, 0) is 24.8 Å². The van der Waals surface area contributed by atoms with Crippen LogP contribution < -0.4 is 5.11 Å². The van der Waals surface area contributed by atoms with Gasteiger partial charge >= 0.3 is 17.1 Å². The zero-order valence-electron chi connectivity index (χ0n) is 17.8. The van der Waals surface area contributed by atoms with Crippen molar-refractivity contribution in [2.24, 2.45) is 0 Å². The molecule has 1 aliphatic carbocycles. The molecule has 0 amide bonds. The maximum atomic E-state index is 12.0. The third-order valence-electron chi connectivity index (χ3n) is 4.79. The summed E-state index contributed by atoms with van der Waals surface area (Å²) in [4.78, 5) is 0. The predicted molar refractivity (Wildman–Crippen MR) is 116 cm³/mol. The zero-order chi connectivity index (χ0) is 20.5. The Bertz CT molecular complexity index is 558. The molecule has 1 aliphatic rings. The second kappa shape index (κ2) is 19.0. The summed E-state index contributed by atoms with van der Waals surface area (Å²) in [5, 5.41) is 12.9. The van der Waals surface area contributed by atoms with Gasteiger partial charge in [-0.3, -0.25) is 0 Å². The van der Waals surface area contributed by atoms with E-state index >= 15 is 0 Å². The van der Waals surface area contributed by atoms with Crippen molar-refractivity contribution in [3.8, 4) is 0 Å². The standard InChI is InChI=1S/C19H31O3Si.C5H5.Fe/c1-21-19(22-2)15-10-8-6-4-3-5-7-9-13-17(20)16-12-11-14-18(16)23;1-2-4-5-3-1;/h11-12,14,19-20H,3-10,13,15H2,1-2H3;1-5H;/q;-1;+2/p-1. The van der Waals surface area contributed by atoms with E-state index in [1.54, 1.807) is 14.2 Å². The van der Waals surface area contributed by atoms with E-state index in [0.717, 1.165) is 36.5 Å². The van der Waals surface area contributed by atoms with Gasteiger partial charge in [0.2, 0.25) is 0 Å². The molecule has 5 heteroatoms. The fourth-order valence-electron chi connectivity index (χ4n) is 3.11. The normalized spacial score (nSPS) is 14.3. The first-order valence-corrected chi connectivity index (χ1v) is 10.9. The van der Waals surface area contributed by atoms with Crippen LogP contribution in [0.1, 0.15) is 64.2 Å². The fraction of sp³-hybridized carbons (Fsp3) is 0.542. The number of methoxy groups -OCH3 is 2. The van der Waals surface area contributed by atoms with E-state index in [2.05, 4.69) is 10.2 Å². The average Bonchev–Trinajstić information content (AvgIpc) is 3.41. The first-order valence-electron chi connectivity index (χ1n) is 10.4. The Morgan fingerprint density at radius 1 is 0.966 bits per heavy atom. The molecule has 0 saturated carbocycles. The molecule has 3 nitrogen and oxygen atoms in total. The summed E-state index contributed by atoms with van der Waals surface area (Å²) >= 11 is 0. The van der Waals surface area contributed by atoms with Gasteiger partial charge in [-0.1, -0.05) is 68.4 Å². The number of rotatable bonds is 13. The molecule has 3 radical (unpaired) electrons. The minimum Gasteiger partial charge on any atom is -0.875 e. The molecule has 0 fully saturated rings. The molecule has 0 atom stereocenters. The van der Waals surface area contributed by atoms with Crippen molar-refractivity contribution in [2.75, 3.05) is 14.2 Å². The molecule has 0 N–H and O–H groups in total. The Labute approximate surface area is 191 Å². The van der Waals surface area contributed by atoms with Gasteiger partial charge in [0.15, 0.2) is 6.29 Å². The Morgan fingerprint density at radius 3 is 1.97 bits per heavy atom. The number of ether oxygens (including phenoxy) is 2. The summed E-state index contributed by atoms with van der Waals surface area (Å²) in [5.41, 5.74) is 0.826. The van der Waals surface area contributed by atoms with E-state index in [9.17, 15) is 5.11 Å². The van der Waals surface area contributed by atoms with Gasteiger partial charge in [-0.15, -0.1) is 5.76 Å². The molecule has 0 heterocycles. The zero-order valence-corrected chi connectivity index (χ0v) is 19.9. The van der Waals surface area contributed by atoms with E-state index in [0.29, 0.717) is 6.42 Å². The van der Waals surface area contributed by atoms with Crippen molar-refractivity contribution >= 4 is 10.2 Å². The molecule has 0 bridgehead atoms. The summed E-state index contributed by atoms with van der Waals surface area (Å²) in [6, 6.07) is 10.0. The molecule has 0 saturated heterocycles. The Morgan fingerprint density at radius 2 is 1.52 bits per heavy atom. The number of hydrogen-bond acceptors (Lipinski definition) is 3. The van der Waals surface area contributed by atoms with Crippen LogP contribution in [0.15, 0.2) is 65.1 Å². The van der Waals surface area contributed by atoms with Crippen LogP contribution in [0.5, 0.6) is 0 Å². The first kappa shape index (κ1) is 28.0. The molecule has 0 unspecified atom stereocenters. The Balaban J connectivity index is 0.00000113. The molecule has 2 rings (SSSR count). The fourth-order valence-corrected chi connectivity index (χ4v) is 3.43. The third-order valence-corrected chi connectivity index (χ3v) is 5.23. The van der Waals surface area contributed by atoms with E-state index in [4.69, 9.17) is 9.47 Å². The van der Waals surface area contributed by atoms with Gasteiger partial charge in [0.25, 0.3) is 0 Å². The van der Waals surface area contributed by atoms with Crippen molar-refractivity contribution < 1.29 is 31.6 Å². The molecular formula is C24H35FeO3Si.